The van der Waals surface area contributed by atoms with Crippen molar-refractivity contribution in [1.82, 2.24) is 14.5 Å². The minimum Gasteiger partial charge on any atom is -0.355 e. The van der Waals surface area contributed by atoms with Crippen LogP contribution in [-0.4, -0.2) is 68.8 Å². The predicted octanol–water partition coefficient (Wildman–Crippen LogP) is 0.155. The average Bonchev–Trinajstić information content (AvgIpc) is 2.55. The third kappa shape index (κ3) is 5.78. The highest BCUT2D eigenvalue weighted by Crippen LogP contribution is 2.18. The zero-order valence-corrected chi connectivity index (χ0v) is 15.8. The van der Waals surface area contributed by atoms with Crippen molar-refractivity contribution in [3.8, 4) is 0 Å². The molecule has 0 aliphatic carbocycles. The van der Waals surface area contributed by atoms with Gasteiger partial charge in [0, 0.05) is 38.8 Å². The third-order valence-electron chi connectivity index (χ3n) is 4.28. The fourth-order valence-electron chi connectivity index (χ4n) is 2.69. The Hall–Kier alpha value is -1.48. The lowest BCUT2D eigenvalue weighted by Gasteiger charge is -2.33. The molecule has 1 unspecified atom stereocenters. The Labute approximate surface area is 150 Å². The highest BCUT2D eigenvalue weighted by atomic mass is 32.2. The maximum atomic E-state index is 12.6. The molecule has 2 rings (SSSR count). The van der Waals surface area contributed by atoms with Crippen LogP contribution in [-0.2, 0) is 14.8 Å². The van der Waals surface area contributed by atoms with Gasteiger partial charge >= 0.3 is 0 Å². The van der Waals surface area contributed by atoms with Gasteiger partial charge in [0.2, 0.25) is 15.9 Å². The van der Waals surface area contributed by atoms with E-state index in [0.717, 1.165) is 12.0 Å². The van der Waals surface area contributed by atoms with Gasteiger partial charge < -0.3 is 11.1 Å². The van der Waals surface area contributed by atoms with Crippen molar-refractivity contribution in [2.75, 3.05) is 39.3 Å². The largest absolute Gasteiger partial charge is 0.355 e. The SMILES string of the molecule is Cc1ccc(S(=O)(=O)N2CCN(CC(=O)NCCC(C)N)CC2)cc1. The van der Waals surface area contributed by atoms with E-state index in [9.17, 15) is 13.2 Å². The lowest BCUT2D eigenvalue weighted by Crippen LogP contribution is -2.51. The molecule has 25 heavy (non-hydrogen) atoms. The molecule has 1 amide bonds. The molecule has 1 aliphatic heterocycles. The Balaban J connectivity index is 1.82. The van der Waals surface area contributed by atoms with Gasteiger partial charge in [-0.2, -0.15) is 4.31 Å². The summed E-state index contributed by atoms with van der Waals surface area (Å²) in [7, 11) is -3.46. The number of rotatable bonds is 7. The second-order valence-electron chi connectivity index (χ2n) is 6.61. The van der Waals surface area contributed by atoms with Crippen LogP contribution in [0.15, 0.2) is 29.2 Å². The molecule has 0 saturated carbocycles. The summed E-state index contributed by atoms with van der Waals surface area (Å²) in [6, 6.07) is 6.95. The average molecular weight is 369 g/mol. The number of sulfonamides is 1. The molecule has 0 bridgehead atoms. The predicted molar refractivity (Wildman–Crippen MR) is 97.7 cm³/mol. The zero-order chi connectivity index (χ0) is 18.4. The normalized spacial score (nSPS) is 18.0. The van der Waals surface area contributed by atoms with Crippen LogP contribution in [0.3, 0.4) is 0 Å². The molecule has 7 nitrogen and oxygen atoms in total. The van der Waals surface area contributed by atoms with Gasteiger partial charge in [0.25, 0.3) is 0 Å². The first-order chi connectivity index (χ1) is 11.8. The molecule has 8 heteroatoms. The van der Waals surface area contributed by atoms with Gasteiger partial charge in [-0.15, -0.1) is 0 Å². The van der Waals surface area contributed by atoms with Crippen LogP contribution in [0.4, 0.5) is 0 Å². The Morgan fingerprint density at radius 1 is 1.20 bits per heavy atom. The van der Waals surface area contributed by atoms with Crippen LogP contribution in [0.25, 0.3) is 0 Å². The summed E-state index contributed by atoms with van der Waals surface area (Å²) in [4.78, 5) is 14.2. The summed E-state index contributed by atoms with van der Waals surface area (Å²) in [6.07, 6.45) is 0.744. The van der Waals surface area contributed by atoms with E-state index in [1.165, 1.54) is 4.31 Å². The van der Waals surface area contributed by atoms with Gasteiger partial charge in [-0.1, -0.05) is 17.7 Å². The van der Waals surface area contributed by atoms with E-state index < -0.39 is 10.0 Å². The highest BCUT2D eigenvalue weighted by molar-refractivity contribution is 7.89. The van der Waals surface area contributed by atoms with Gasteiger partial charge in [-0.3, -0.25) is 9.69 Å². The minimum absolute atomic E-state index is 0.0458. The number of piperazine rings is 1. The van der Waals surface area contributed by atoms with E-state index in [1.54, 1.807) is 24.3 Å². The molecule has 0 spiro atoms. The molecule has 1 aromatic rings. The summed E-state index contributed by atoms with van der Waals surface area (Å²) < 4.78 is 26.8. The van der Waals surface area contributed by atoms with E-state index in [4.69, 9.17) is 5.73 Å². The van der Waals surface area contributed by atoms with E-state index in [-0.39, 0.29) is 18.5 Å². The second-order valence-corrected chi connectivity index (χ2v) is 8.55. The monoisotopic (exact) mass is 368 g/mol. The van der Waals surface area contributed by atoms with Crippen molar-refractivity contribution in [2.24, 2.45) is 5.73 Å². The van der Waals surface area contributed by atoms with Crippen LogP contribution in [0.5, 0.6) is 0 Å². The lowest BCUT2D eigenvalue weighted by molar-refractivity contribution is -0.122. The zero-order valence-electron chi connectivity index (χ0n) is 14.9. The molecule has 1 aromatic carbocycles. The number of carbonyl (C=O) groups excluding carboxylic acids is 1. The number of carbonyl (C=O) groups is 1. The van der Waals surface area contributed by atoms with E-state index in [0.29, 0.717) is 37.6 Å². The highest BCUT2D eigenvalue weighted by Gasteiger charge is 2.28. The van der Waals surface area contributed by atoms with Crippen molar-refractivity contribution in [2.45, 2.75) is 31.2 Å². The number of hydrogen-bond donors (Lipinski definition) is 2. The maximum Gasteiger partial charge on any atom is 0.243 e. The van der Waals surface area contributed by atoms with Crippen LogP contribution in [0.2, 0.25) is 0 Å². The first-order valence-electron chi connectivity index (χ1n) is 8.60. The second kappa shape index (κ2) is 8.75. The maximum absolute atomic E-state index is 12.6. The van der Waals surface area contributed by atoms with Crippen LogP contribution in [0.1, 0.15) is 18.9 Å². The topological polar surface area (TPSA) is 95.7 Å². The first-order valence-corrected chi connectivity index (χ1v) is 10.0. The first kappa shape index (κ1) is 19.8. The number of benzene rings is 1. The summed E-state index contributed by atoms with van der Waals surface area (Å²) >= 11 is 0. The number of nitrogens with one attached hydrogen (secondary N) is 1. The fourth-order valence-corrected chi connectivity index (χ4v) is 4.11. The van der Waals surface area contributed by atoms with Crippen molar-refractivity contribution in [1.29, 1.82) is 0 Å². The molecular formula is C17H28N4O3S. The number of nitrogens with two attached hydrogens (primary N) is 1. The molecule has 3 N–H and O–H groups in total. The summed E-state index contributed by atoms with van der Waals surface area (Å²) in [5, 5.41) is 2.84. The van der Waals surface area contributed by atoms with Crippen LogP contribution >= 0.6 is 0 Å². The quantitative estimate of drug-likeness (QED) is 0.714. The molecule has 1 aliphatic rings. The smallest absolute Gasteiger partial charge is 0.243 e. The minimum atomic E-state index is -3.46. The lowest BCUT2D eigenvalue weighted by atomic mass is 10.2. The van der Waals surface area contributed by atoms with Crippen molar-refractivity contribution >= 4 is 15.9 Å². The molecule has 0 aromatic heterocycles. The Bertz CT molecular complexity index is 666. The van der Waals surface area contributed by atoms with Gasteiger partial charge in [-0.25, -0.2) is 8.42 Å². The van der Waals surface area contributed by atoms with Crippen LogP contribution in [0, 0.1) is 6.92 Å². The summed E-state index contributed by atoms with van der Waals surface area (Å²) in [6.45, 7) is 6.56. The molecule has 0 radical (unpaired) electrons. The summed E-state index contributed by atoms with van der Waals surface area (Å²) in [5.74, 6) is -0.0458. The van der Waals surface area contributed by atoms with E-state index in [1.807, 2.05) is 18.7 Å². The molecule has 1 fully saturated rings. The Morgan fingerprint density at radius 3 is 2.36 bits per heavy atom. The number of aryl methyl sites for hydroxylation is 1. The Morgan fingerprint density at radius 2 is 1.80 bits per heavy atom. The third-order valence-corrected chi connectivity index (χ3v) is 6.19. The molecule has 1 heterocycles. The molecule has 1 atom stereocenters. The molecular weight excluding hydrogens is 340 g/mol. The van der Waals surface area contributed by atoms with E-state index in [2.05, 4.69) is 5.32 Å². The van der Waals surface area contributed by atoms with Gasteiger partial charge in [-0.05, 0) is 32.4 Å². The summed E-state index contributed by atoms with van der Waals surface area (Å²) in [5.41, 5.74) is 6.68. The number of nitrogens with zero attached hydrogens (tertiary/aromatic N) is 2. The molecule has 1 saturated heterocycles. The Kier molecular flexibility index (Phi) is 6.95. The fraction of sp³-hybridized carbons (Fsp3) is 0.588. The van der Waals surface area contributed by atoms with Crippen LogP contribution < -0.4 is 11.1 Å². The van der Waals surface area contributed by atoms with Gasteiger partial charge in [0.05, 0.1) is 11.4 Å². The number of hydrogen-bond acceptors (Lipinski definition) is 5. The van der Waals surface area contributed by atoms with Gasteiger partial charge in [0.1, 0.15) is 0 Å². The van der Waals surface area contributed by atoms with Gasteiger partial charge in [0.15, 0.2) is 0 Å². The van der Waals surface area contributed by atoms with Crippen molar-refractivity contribution in [3.63, 3.8) is 0 Å². The van der Waals surface area contributed by atoms with Crippen molar-refractivity contribution < 1.29 is 13.2 Å². The molecule has 140 valence electrons. The van der Waals surface area contributed by atoms with E-state index >= 15 is 0 Å². The number of amides is 1. The van der Waals surface area contributed by atoms with Crippen molar-refractivity contribution in [3.05, 3.63) is 29.8 Å². The standard InChI is InChI=1S/C17H28N4O3S/c1-14-3-5-16(6-4-14)25(23,24)21-11-9-20(10-12-21)13-17(22)19-8-7-15(2)18/h3-6,15H,7-13,18H2,1-2H3,(H,19,22).